The molecule has 0 amide bonds. The van der Waals surface area contributed by atoms with Crippen LogP contribution in [0.4, 0.5) is 4.39 Å². The predicted octanol–water partition coefficient (Wildman–Crippen LogP) is 3.10. The van der Waals surface area contributed by atoms with Gasteiger partial charge in [-0.2, -0.15) is 0 Å². The van der Waals surface area contributed by atoms with Gasteiger partial charge in [0.2, 0.25) is 0 Å². The summed E-state index contributed by atoms with van der Waals surface area (Å²) in [5.74, 6) is 1.50. The van der Waals surface area contributed by atoms with Gasteiger partial charge >= 0.3 is 0 Å². The largest absolute Gasteiger partial charge is 0.496 e. The fourth-order valence-electron chi connectivity index (χ4n) is 4.47. The maximum absolute atomic E-state index is 13.5. The van der Waals surface area contributed by atoms with Gasteiger partial charge < -0.3 is 20.1 Å². The zero-order valence-electron chi connectivity index (χ0n) is 18.9. The SMILES string of the molecule is CN=C(NCC(c1ccc(F)cc1)N1CCOCC1)NCC1(c2ccccc2OC)CC1. The van der Waals surface area contributed by atoms with Crippen molar-refractivity contribution in [1.82, 2.24) is 15.5 Å². The fraction of sp³-hybridized carbons (Fsp3) is 0.480. The normalized spacial score (nSPS) is 19.3. The number of benzene rings is 2. The van der Waals surface area contributed by atoms with Crippen LogP contribution in [0.2, 0.25) is 0 Å². The van der Waals surface area contributed by atoms with E-state index in [1.807, 2.05) is 24.3 Å². The lowest BCUT2D eigenvalue weighted by Crippen LogP contribution is -2.47. The van der Waals surface area contributed by atoms with E-state index in [0.717, 1.165) is 49.7 Å². The number of morpholine rings is 1. The number of para-hydroxylation sites is 1. The zero-order valence-corrected chi connectivity index (χ0v) is 18.9. The van der Waals surface area contributed by atoms with Gasteiger partial charge in [-0.1, -0.05) is 30.3 Å². The van der Waals surface area contributed by atoms with E-state index in [4.69, 9.17) is 9.47 Å². The highest BCUT2D eigenvalue weighted by molar-refractivity contribution is 5.80. The highest BCUT2D eigenvalue weighted by Gasteiger charge is 2.46. The van der Waals surface area contributed by atoms with Crippen LogP contribution in [0.1, 0.15) is 30.0 Å². The summed E-state index contributed by atoms with van der Waals surface area (Å²) in [5, 5.41) is 7.01. The third kappa shape index (κ3) is 5.22. The van der Waals surface area contributed by atoms with Crippen molar-refractivity contribution in [2.45, 2.75) is 24.3 Å². The molecule has 1 unspecified atom stereocenters. The Morgan fingerprint density at radius 2 is 1.84 bits per heavy atom. The molecule has 0 bridgehead atoms. The van der Waals surface area contributed by atoms with Gasteiger partial charge in [0.1, 0.15) is 11.6 Å². The van der Waals surface area contributed by atoms with Crippen LogP contribution >= 0.6 is 0 Å². The Hall–Kier alpha value is -2.64. The summed E-state index contributed by atoms with van der Waals surface area (Å²) < 4.78 is 24.6. The lowest BCUT2D eigenvalue weighted by Gasteiger charge is -2.35. The monoisotopic (exact) mass is 440 g/mol. The third-order valence-corrected chi connectivity index (χ3v) is 6.55. The molecule has 0 radical (unpaired) electrons. The van der Waals surface area contributed by atoms with Crippen LogP contribution in [0.15, 0.2) is 53.5 Å². The van der Waals surface area contributed by atoms with Crippen LogP contribution < -0.4 is 15.4 Å². The standard InChI is InChI=1S/C25H33FN4O2/c1-27-24(29-18-25(11-12-25)21-5-3-4-6-23(21)31-2)28-17-22(30-13-15-32-16-14-30)19-7-9-20(26)10-8-19/h3-10,22H,11-18H2,1-2H3,(H2,27,28,29). The van der Waals surface area contributed by atoms with Crippen molar-refractivity contribution in [2.24, 2.45) is 4.99 Å². The minimum Gasteiger partial charge on any atom is -0.496 e. The lowest BCUT2D eigenvalue weighted by molar-refractivity contribution is 0.0170. The molecule has 2 aromatic rings. The van der Waals surface area contributed by atoms with E-state index in [-0.39, 0.29) is 17.3 Å². The van der Waals surface area contributed by atoms with Gasteiger partial charge in [0.05, 0.1) is 26.4 Å². The van der Waals surface area contributed by atoms with Crippen molar-refractivity contribution in [2.75, 3.05) is 53.6 Å². The van der Waals surface area contributed by atoms with Gasteiger partial charge in [0, 0.05) is 44.2 Å². The molecule has 0 spiro atoms. The Balaban J connectivity index is 1.40. The fourth-order valence-corrected chi connectivity index (χ4v) is 4.47. The molecule has 0 aromatic heterocycles. The molecule has 4 rings (SSSR count). The summed E-state index contributed by atoms with van der Waals surface area (Å²) in [7, 11) is 3.52. The number of aliphatic imine (C=N–C) groups is 1. The third-order valence-electron chi connectivity index (χ3n) is 6.55. The molecule has 1 saturated carbocycles. The van der Waals surface area contributed by atoms with Crippen LogP contribution in [-0.4, -0.2) is 64.4 Å². The van der Waals surface area contributed by atoms with E-state index in [1.54, 1.807) is 14.2 Å². The first-order valence-electron chi connectivity index (χ1n) is 11.3. The Kier molecular flexibility index (Phi) is 7.27. The van der Waals surface area contributed by atoms with E-state index in [2.05, 4.69) is 32.7 Å². The van der Waals surface area contributed by atoms with Crippen LogP contribution in [0.5, 0.6) is 5.75 Å². The second-order valence-electron chi connectivity index (χ2n) is 8.50. The Labute approximate surface area is 189 Å². The summed E-state index contributed by atoms with van der Waals surface area (Å²) in [6.45, 7) is 4.61. The molecule has 1 aliphatic heterocycles. The smallest absolute Gasteiger partial charge is 0.191 e. The van der Waals surface area contributed by atoms with Crippen LogP contribution in [-0.2, 0) is 10.2 Å². The highest BCUT2D eigenvalue weighted by Crippen LogP contribution is 2.50. The first-order valence-corrected chi connectivity index (χ1v) is 11.3. The first kappa shape index (κ1) is 22.6. The quantitative estimate of drug-likeness (QED) is 0.488. The van der Waals surface area contributed by atoms with Crippen LogP contribution in [0.25, 0.3) is 0 Å². The molecule has 32 heavy (non-hydrogen) atoms. The van der Waals surface area contributed by atoms with Crippen molar-refractivity contribution < 1.29 is 13.9 Å². The van der Waals surface area contributed by atoms with Gasteiger partial charge in [-0.05, 0) is 36.6 Å². The highest BCUT2D eigenvalue weighted by atomic mass is 19.1. The number of ether oxygens (including phenoxy) is 2. The number of methoxy groups -OCH3 is 1. The van der Waals surface area contributed by atoms with Crippen molar-refractivity contribution in [1.29, 1.82) is 0 Å². The van der Waals surface area contributed by atoms with Gasteiger partial charge in [-0.3, -0.25) is 9.89 Å². The zero-order chi connectivity index (χ0) is 22.4. The van der Waals surface area contributed by atoms with Gasteiger partial charge in [0.15, 0.2) is 5.96 Å². The Bertz CT molecular complexity index is 908. The van der Waals surface area contributed by atoms with Crippen molar-refractivity contribution in [3.05, 3.63) is 65.5 Å². The Morgan fingerprint density at radius 1 is 1.12 bits per heavy atom. The van der Waals surface area contributed by atoms with Crippen molar-refractivity contribution in [3.63, 3.8) is 0 Å². The van der Waals surface area contributed by atoms with Gasteiger partial charge in [-0.15, -0.1) is 0 Å². The lowest BCUT2D eigenvalue weighted by atomic mass is 9.95. The summed E-state index contributed by atoms with van der Waals surface area (Å²) in [6, 6.07) is 15.2. The van der Waals surface area contributed by atoms with E-state index in [0.29, 0.717) is 19.8 Å². The number of nitrogens with zero attached hydrogens (tertiary/aromatic N) is 2. The molecule has 6 nitrogen and oxygen atoms in total. The molecule has 1 aliphatic carbocycles. The molecule has 1 heterocycles. The molecule has 2 fully saturated rings. The number of rotatable bonds is 8. The van der Waals surface area contributed by atoms with E-state index in [1.165, 1.54) is 17.7 Å². The average Bonchev–Trinajstić information content (AvgIpc) is 3.64. The maximum atomic E-state index is 13.5. The maximum Gasteiger partial charge on any atom is 0.191 e. The predicted molar refractivity (Wildman–Crippen MR) is 125 cm³/mol. The Morgan fingerprint density at radius 3 is 2.50 bits per heavy atom. The van der Waals surface area contributed by atoms with E-state index < -0.39 is 0 Å². The average molecular weight is 441 g/mol. The molecule has 172 valence electrons. The number of halogens is 1. The minimum atomic E-state index is -0.217. The molecular weight excluding hydrogens is 407 g/mol. The van der Waals surface area contributed by atoms with Gasteiger partial charge in [0.25, 0.3) is 0 Å². The van der Waals surface area contributed by atoms with E-state index in [9.17, 15) is 4.39 Å². The molecule has 2 aliphatic rings. The first-order chi connectivity index (χ1) is 15.6. The van der Waals surface area contributed by atoms with Crippen LogP contribution in [0.3, 0.4) is 0 Å². The summed E-state index contributed by atoms with van der Waals surface area (Å²) in [5.41, 5.74) is 2.43. The number of nitrogens with one attached hydrogen (secondary N) is 2. The summed E-state index contributed by atoms with van der Waals surface area (Å²) >= 11 is 0. The summed E-state index contributed by atoms with van der Waals surface area (Å²) in [4.78, 5) is 6.82. The molecule has 7 heteroatoms. The topological polar surface area (TPSA) is 58.1 Å². The summed E-state index contributed by atoms with van der Waals surface area (Å²) in [6.07, 6.45) is 2.26. The van der Waals surface area contributed by atoms with Crippen LogP contribution in [0, 0.1) is 5.82 Å². The minimum absolute atomic E-state index is 0.0881. The van der Waals surface area contributed by atoms with Gasteiger partial charge in [-0.25, -0.2) is 4.39 Å². The second-order valence-corrected chi connectivity index (χ2v) is 8.50. The molecule has 1 atom stereocenters. The molecule has 2 N–H and O–H groups in total. The molecule has 2 aromatic carbocycles. The van der Waals surface area contributed by atoms with Crippen molar-refractivity contribution >= 4 is 5.96 Å². The second kappa shape index (κ2) is 10.3. The van der Waals surface area contributed by atoms with E-state index >= 15 is 0 Å². The molecule has 1 saturated heterocycles. The molecular formula is C25H33FN4O2. The number of hydrogen-bond donors (Lipinski definition) is 2. The van der Waals surface area contributed by atoms with Crippen molar-refractivity contribution in [3.8, 4) is 5.75 Å². The number of guanidine groups is 1. The number of hydrogen-bond acceptors (Lipinski definition) is 4.